The van der Waals surface area contributed by atoms with Crippen LogP contribution in [0.2, 0.25) is 0 Å². The number of rotatable bonds is 4. The van der Waals surface area contributed by atoms with Gasteiger partial charge in [0, 0.05) is 12.0 Å². The predicted octanol–water partition coefficient (Wildman–Crippen LogP) is 1.94. The van der Waals surface area contributed by atoms with E-state index in [0.717, 1.165) is 31.3 Å². The van der Waals surface area contributed by atoms with Crippen LogP contribution in [-0.4, -0.2) is 41.2 Å². The summed E-state index contributed by atoms with van der Waals surface area (Å²) in [5.74, 6) is 2.27. The molecule has 5 nitrogen and oxygen atoms in total. The molecule has 1 aromatic heterocycles. The molecule has 0 spiro atoms. The lowest BCUT2D eigenvalue weighted by Crippen LogP contribution is -2.32. The quantitative estimate of drug-likeness (QED) is 0.917. The Labute approximate surface area is 120 Å². The summed E-state index contributed by atoms with van der Waals surface area (Å²) in [6.45, 7) is 3.05. The number of aromatic nitrogens is 2. The van der Waals surface area contributed by atoms with Crippen LogP contribution in [0.5, 0.6) is 0 Å². The standard InChI is InChI=1S/C13H22N4O.ClH/c1-17(11-3-2-7-14-8-6-11)9-12-15-13(16-18-12)10-4-5-10;/h10-11,14H,2-9H2,1H3;1H. The van der Waals surface area contributed by atoms with Crippen molar-refractivity contribution < 1.29 is 4.52 Å². The molecule has 0 aromatic carbocycles. The summed E-state index contributed by atoms with van der Waals surface area (Å²) >= 11 is 0. The lowest BCUT2D eigenvalue weighted by Gasteiger charge is -2.25. The van der Waals surface area contributed by atoms with Crippen LogP contribution in [0.4, 0.5) is 0 Å². The van der Waals surface area contributed by atoms with Crippen molar-refractivity contribution in [3.63, 3.8) is 0 Å². The smallest absolute Gasteiger partial charge is 0.240 e. The van der Waals surface area contributed by atoms with Crippen molar-refractivity contribution in [1.29, 1.82) is 0 Å². The Morgan fingerprint density at radius 2 is 2.11 bits per heavy atom. The molecule has 1 N–H and O–H groups in total. The molecule has 1 saturated heterocycles. The zero-order valence-electron chi connectivity index (χ0n) is 11.5. The van der Waals surface area contributed by atoms with Gasteiger partial charge in [0.05, 0.1) is 6.54 Å². The Hall–Kier alpha value is -0.650. The minimum Gasteiger partial charge on any atom is -0.338 e. The van der Waals surface area contributed by atoms with Crippen LogP contribution in [-0.2, 0) is 6.54 Å². The van der Waals surface area contributed by atoms with Crippen LogP contribution >= 0.6 is 12.4 Å². The van der Waals surface area contributed by atoms with Crippen molar-refractivity contribution in [3.8, 4) is 0 Å². The minimum absolute atomic E-state index is 0. The summed E-state index contributed by atoms with van der Waals surface area (Å²) in [5, 5.41) is 7.51. The van der Waals surface area contributed by atoms with Gasteiger partial charge in [0.25, 0.3) is 0 Å². The van der Waals surface area contributed by atoms with Gasteiger partial charge >= 0.3 is 0 Å². The molecule has 108 valence electrons. The topological polar surface area (TPSA) is 54.2 Å². The van der Waals surface area contributed by atoms with E-state index in [1.807, 2.05) is 0 Å². The highest BCUT2D eigenvalue weighted by Gasteiger charge is 2.29. The van der Waals surface area contributed by atoms with E-state index in [1.54, 1.807) is 0 Å². The summed E-state index contributed by atoms with van der Waals surface area (Å²) < 4.78 is 5.34. The third-order valence-electron chi connectivity index (χ3n) is 3.98. The second kappa shape index (κ2) is 6.68. The number of nitrogens with zero attached hydrogens (tertiary/aromatic N) is 3. The third kappa shape index (κ3) is 3.91. The molecule has 6 heteroatoms. The van der Waals surface area contributed by atoms with Crippen molar-refractivity contribution in [2.24, 2.45) is 0 Å². The van der Waals surface area contributed by atoms with Crippen molar-refractivity contribution >= 4 is 12.4 Å². The molecule has 2 fully saturated rings. The van der Waals surface area contributed by atoms with Gasteiger partial charge in [-0.25, -0.2) is 0 Å². The molecule has 2 aliphatic rings. The summed E-state index contributed by atoms with van der Waals surface area (Å²) in [6, 6.07) is 0.635. The van der Waals surface area contributed by atoms with Crippen LogP contribution in [0.1, 0.15) is 49.7 Å². The van der Waals surface area contributed by atoms with Crippen molar-refractivity contribution in [3.05, 3.63) is 11.7 Å². The molecule has 1 unspecified atom stereocenters. The average Bonchev–Trinajstić information content (AvgIpc) is 3.16. The molecular weight excluding hydrogens is 264 g/mol. The van der Waals surface area contributed by atoms with Gasteiger partial charge in [-0.1, -0.05) is 5.16 Å². The Morgan fingerprint density at radius 3 is 2.89 bits per heavy atom. The number of hydrogen-bond donors (Lipinski definition) is 1. The Bertz CT molecular complexity index is 386. The maximum Gasteiger partial charge on any atom is 0.240 e. The molecule has 0 amide bonds. The lowest BCUT2D eigenvalue weighted by atomic mass is 10.1. The van der Waals surface area contributed by atoms with Crippen molar-refractivity contribution in [2.45, 2.75) is 50.6 Å². The lowest BCUT2D eigenvalue weighted by molar-refractivity contribution is 0.190. The molecule has 1 atom stereocenters. The van der Waals surface area contributed by atoms with E-state index in [9.17, 15) is 0 Å². The number of hydrogen-bond acceptors (Lipinski definition) is 5. The van der Waals surface area contributed by atoms with Gasteiger partial charge in [-0.2, -0.15) is 4.98 Å². The molecule has 19 heavy (non-hydrogen) atoms. The minimum atomic E-state index is 0. The van der Waals surface area contributed by atoms with E-state index in [2.05, 4.69) is 27.4 Å². The van der Waals surface area contributed by atoms with Crippen molar-refractivity contribution in [2.75, 3.05) is 20.1 Å². The van der Waals surface area contributed by atoms with E-state index in [1.165, 1.54) is 32.1 Å². The van der Waals surface area contributed by atoms with Crippen LogP contribution < -0.4 is 5.32 Å². The first-order valence-corrected chi connectivity index (χ1v) is 7.06. The Kier molecular flexibility index (Phi) is 5.19. The molecule has 2 heterocycles. The van der Waals surface area contributed by atoms with Gasteiger partial charge in [0.15, 0.2) is 5.82 Å². The second-order valence-electron chi connectivity index (χ2n) is 5.57. The second-order valence-corrected chi connectivity index (χ2v) is 5.57. The zero-order chi connectivity index (χ0) is 12.4. The SMILES string of the molecule is CN(Cc1nc(C2CC2)no1)C1CCCNCC1.Cl. The summed E-state index contributed by atoms with van der Waals surface area (Å²) in [7, 11) is 2.16. The molecule has 1 saturated carbocycles. The molecule has 1 aliphatic heterocycles. The van der Waals surface area contributed by atoms with E-state index in [0.29, 0.717) is 12.0 Å². The van der Waals surface area contributed by atoms with Gasteiger partial charge in [-0.15, -0.1) is 12.4 Å². The fourth-order valence-electron chi connectivity index (χ4n) is 2.62. The normalized spacial score (nSPS) is 24.0. The molecule has 1 aliphatic carbocycles. The zero-order valence-corrected chi connectivity index (χ0v) is 12.3. The maximum atomic E-state index is 5.34. The predicted molar refractivity (Wildman–Crippen MR) is 75.5 cm³/mol. The summed E-state index contributed by atoms with van der Waals surface area (Å²) in [6.07, 6.45) is 6.17. The molecule has 1 aromatic rings. The average molecular weight is 287 g/mol. The number of halogens is 1. The highest BCUT2D eigenvalue weighted by Crippen LogP contribution is 2.38. The first kappa shape index (κ1) is 14.8. The van der Waals surface area contributed by atoms with Gasteiger partial charge in [-0.05, 0) is 52.2 Å². The first-order valence-electron chi connectivity index (χ1n) is 7.06. The Morgan fingerprint density at radius 1 is 1.26 bits per heavy atom. The highest BCUT2D eigenvalue weighted by atomic mass is 35.5. The fraction of sp³-hybridized carbons (Fsp3) is 0.846. The van der Waals surface area contributed by atoms with Gasteiger partial charge in [0.2, 0.25) is 5.89 Å². The Balaban J connectivity index is 0.00000133. The van der Waals surface area contributed by atoms with E-state index in [4.69, 9.17) is 4.52 Å². The van der Waals surface area contributed by atoms with Crippen LogP contribution in [0.3, 0.4) is 0 Å². The summed E-state index contributed by atoms with van der Waals surface area (Å²) in [4.78, 5) is 6.85. The molecule has 0 radical (unpaired) electrons. The van der Waals surface area contributed by atoms with Crippen LogP contribution in [0.15, 0.2) is 4.52 Å². The largest absolute Gasteiger partial charge is 0.338 e. The van der Waals surface area contributed by atoms with Crippen LogP contribution in [0.25, 0.3) is 0 Å². The van der Waals surface area contributed by atoms with E-state index >= 15 is 0 Å². The molecule has 3 rings (SSSR count). The fourth-order valence-corrected chi connectivity index (χ4v) is 2.62. The number of nitrogens with one attached hydrogen (secondary N) is 1. The van der Waals surface area contributed by atoms with Gasteiger partial charge in [0.1, 0.15) is 0 Å². The van der Waals surface area contributed by atoms with Gasteiger partial charge in [-0.3, -0.25) is 4.90 Å². The monoisotopic (exact) mass is 286 g/mol. The van der Waals surface area contributed by atoms with Gasteiger partial charge < -0.3 is 9.84 Å². The third-order valence-corrected chi connectivity index (χ3v) is 3.98. The highest BCUT2D eigenvalue weighted by molar-refractivity contribution is 5.85. The first-order chi connectivity index (χ1) is 8.83. The van der Waals surface area contributed by atoms with Crippen molar-refractivity contribution in [1.82, 2.24) is 20.4 Å². The van der Waals surface area contributed by atoms with E-state index in [-0.39, 0.29) is 12.4 Å². The van der Waals surface area contributed by atoms with Crippen LogP contribution in [0, 0.1) is 0 Å². The summed E-state index contributed by atoms with van der Waals surface area (Å²) in [5.41, 5.74) is 0. The molecular formula is C13H23ClN4O. The van der Waals surface area contributed by atoms with E-state index < -0.39 is 0 Å². The molecule has 0 bridgehead atoms. The maximum absolute atomic E-state index is 5.34.